The molecule has 0 aliphatic carbocycles. The highest BCUT2D eigenvalue weighted by atomic mass is 19.2. The average Bonchev–Trinajstić information content (AvgIpc) is 2.30. The van der Waals surface area contributed by atoms with Gasteiger partial charge in [-0.05, 0) is 0 Å². The highest BCUT2D eigenvalue weighted by molar-refractivity contribution is 5.72. The summed E-state index contributed by atoms with van der Waals surface area (Å²) in [6, 6.07) is 1.15. The van der Waals surface area contributed by atoms with Gasteiger partial charge in [0.25, 0.3) is 0 Å². The second kappa shape index (κ2) is 5.56. The summed E-state index contributed by atoms with van der Waals surface area (Å²) in [6.07, 6.45) is 0. The molecule has 0 radical (unpaired) electrons. The fourth-order valence-electron chi connectivity index (χ4n) is 1.21. The molecule has 17 heavy (non-hydrogen) atoms. The maximum atomic E-state index is 13.2. The molecule has 1 aromatic rings. The van der Waals surface area contributed by atoms with Crippen LogP contribution in [0.2, 0.25) is 0 Å². The lowest BCUT2D eigenvalue weighted by Gasteiger charge is -2.12. The van der Waals surface area contributed by atoms with Gasteiger partial charge in [0.1, 0.15) is 5.82 Å². The van der Waals surface area contributed by atoms with E-state index >= 15 is 0 Å². The van der Waals surface area contributed by atoms with Gasteiger partial charge in [-0.1, -0.05) is 6.92 Å². The van der Waals surface area contributed by atoms with E-state index in [1.54, 1.807) is 6.92 Å². The molecule has 1 N–H and O–H groups in total. The first-order valence-electron chi connectivity index (χ1n) is 4.92. The maximum Gasteiger partial charge on any atom is 0.310 e. The zero-order valence-corrected chi connectivity index (χ0v) is 9.39. The van der Waals surface area contributed by atoms with Crippen LogP contribution in [0, 0.1) is 23.4 Å². The monoisotopic (exact) mass is 247 g/mol. The Bertz CT molecular complexity index is 423. The Balaban J connectivity index is 2.70. The van der Waals surface area contributed by atoms with Gasteiger partial charge in [-0.25, -0.2) is 13.2 Å². The smallest absolute Gasteiger partial charge is 0.310 e. The first kappa shape index (κ1) is 13.3. The molecule has 0 saturated carbocycles. The van der Waals surface area contributed by atoms with Gasteiger partial charge in [-0.15, -0.1) is 0 Å². The van der Waals surface area contributed by atoms with Gasteiger partial charge in [-0.3, -0.25) is 4.79 Å². The van der Waals surface area contributed by atoms with Crippen LogP contribution in [-0.2, 0) is 9.53 Å². The highest BCUT2D eigenvalue weighted by Crippen LogP contribution is 2.18. The van der Waals surface area contributed by atoms with Gasteiger partial charge in [0, 0.05) is 18.7 Å². The highest BCUT2D eigenvalue weighted by Gasteiger charge is 2.15. The van der Waals surface area contributed by atoms with E-state index in [9.17, 15) is 18.0 Å². The first-order chi connectivity index (χ1) is 7.95. The number of carbonyl (C=O) groups excluding carboxylic acids is 1. The zero-order valence-electron chi connectivity index (χ0n) is 9.39. The topological polar surface area (TPSA) is 38.3 Å². The first-order valence-corrected chi connectivity index (χ1v) is 4.92. The summed E-state index contributed by atoms with van der Waals surface area (Å²) in [5.41, 5.74) is -0.195. The van der Waals surface area contributed by atoms with Crippen LogP contribution in [0.25, 0.3) is 0 Å². The number of hydrogen-bond donors (Lipinski definition) is 1. The van der Waals surface area contributed by atoms with Crippen LogP contribution in [0.15, 0.2) is 12.1 Å². The normalized spacial score (nSPS) is 12.1. The van der Waals surface area contributed by atoms with E-state index in [2.05, 4.69) is 10.1 Å². The molecule has 0 saturated heterocycles. The quantitative estimate of drug-likeness (QED) is 0.655. The molecular formula is C11H12F3NO2. The number of rotatable bonds is 4. The number of nitrogens with one attached hydrogen (secondary N) is 1. The van der Waals surface area contributed by atoms with Gasteiger partial charge < -0.3 is 10.1 Å². The molecule has 0 aliphatic rings. The SMILES string of the molecule is COC(=O)C(C)CNc1cc(F)c(F)cc1F. The standard InChI is InChI=1S/C11H12F3NO2/c1-6(11(16)17-2)5-15-10-4-8(13)7(12)3-9(10)14/h3-4,6,15H,5H2,1-2H3. The van der Waals surface area contributed by atoms with Crippen molar-refractivity contribution in [1.82, 2.24) is 0 Å². The number of ether oxygens (including phenoxy) is 1. The van der Waals surface area contributed by atoms with Gasteiger partial charge in [0.2, 0.25) is 0 Å². The minimum Gasteiger partial charge on any atom is -0.469 e. The molecular weight excluding hydrogens is 235 g/mol. The molecule has 3 nitrogen and oxygen atoms in total. The number of halogens is 3. The molecule has 0 aliphatic heterocycles. The van der Waals surface area contributed by atoms with E-state index < -0.39 is 29.3 Å². The Morgan fingerprint density at radius 2 is 1.88 bits per heavy atom. The zero-order chi connectivity index (χ0) is 13.0. The average molecular weight is 247 g/mol. The van der Waals surface area contributed by atoms with E-state index in [1.165, 1.54) is 7.11 Å². The molecule has 0 spiro atoms. The van der Waals surface area contributed by atoms with Gasteiger partial charge >= 0.3 is 5.97 Å². The van der Waals surface area contributed by atoms with Crippen molar-refractivity contribution in [2.45, 2.75) is 6.92 Å². The van der Waals surface area contributed by atoms with Crippen LogP contribution in [0.1, 0.15) is 6.92 Å². The minimum absolute atomic E-state index is 0.0642. The van der Waals surface area contributed by atoms with Crippen LogP contribution in [-0.4, -0.2) is 19.6 Å². The summed E-state index contributed by atoms with van der Waals surface area (Å²) in [5.74, 6) is -4.32. The van der Waals surface area contributed by atoms with Gasteiger partial charge in [0.05, 0.1) is 18.7 Å². The number of methoxy groups -OCH3 is 1. The predicted octanol–water partition coefficient (Wildman–Crippen LogP) is 2.32. The second-order valence-corrected chi connectivity index (χ2v) is 3.55. The van der Waals surface area contributed by atoms with Crippen molar-refractivity contribution in [2.75, 3.05) is 19.0 Å². The molecule has 6 heteroatoms. The molecule has 0 fully saturated rings. The number of hydrogen-bond acceptors (Lipinski definition) is 3. The van der Waals surface area contributed by atoms with E-state index in [-0.39, 0.29) is 12.2 Å². The Morgan fingerprint density at radius 3 is 2.47 bits per heavy atom. The number of esters is 1. The third-order valence-corrected chi connectivity index (χ3v) is 2.21. The van der Waals surface area contributed by atoms with Gasteiger partial charge in [0.15, 0.2) is 11.6 Å². The van der Waals surface area contributed by atoms with Crippen molar-refractivity contribution in [3.05, 3.63) is 29.6 Å². The fraction of sp³-hybridized carbons (Fsp3) is 0.364. The van der Waals surface area contributed by atoms with Crippen molar-refractivity contribution in [1.29, 1.82) is 0 Å². The molecule has 94 valence electrons. The fourth-order valence-corrected chi connectivity index (χ4v) is 1.21. The molecule has 1 aromatic carbocycles. The maximum absolute atomic E-state index is 13.2. The molecule has 0 amide bonds. The lowest BCUT2D eigenvalue weighted by Crippen LogP contribution is -2.21. The Hall–Kier alpha value is -1.72. The van der Waals surface area contributed by atoms with Crippen molar-refractivity contribution >= 4 is 11.7 Å². The number of anilines is 1. The summed E-state index contributed by atoms with van der Waals surface area (Å²) in [4.78, 5) is 11.0. The second-order valence-electron chi connectivity index (χ2n) is 3.55. The van der Waals surface area contributed by atoms with Crippen LogP contribution in [0.4, 0.5) is 18.9 Å². The summed E-state index contributed by atoms with van der Waals surface area (Å²) in [7, 11) is 1.23. The van der Waals surface area contributed by atoms with E-state index in [4.69, 9.17) is 0 Å². The van der Waals surface area contributed by atoms with Crippen LogP contribution < -0.4 is 5.32 Å². The summed E-state index contributed by atoms with van der Waals surface area (Å²) >= 11 is 0. The van der Waals surface area contributed by atoms with Crippen LogP contribution >= 0.6 is 0 Å². The van der Waals surface area contributed by atoms with Gasteiger partial charge in [-0.2, -0.15) is 0 Å². The molecule has 1 atom stereocenters. The van der Waals surface area contributed by atoms with Crippen LogP contribution in [0.3, 0.4) is 0 Å². The Morgan fingerprint density at radius 1 is 1.29 bits per heavy atom. The van der Waals surface area contributed by atoms with Crippen LogP contribution in [0.5, 0.6) is 0 Å². The summed E-state index contributed by atoms with van der Waals surface area (Å²) in [6.45, 7) is 1.63. The third kappa shape index (κ3) is 3.37. The van der Waals surface area contributed by atoms with E-state index in [1.807, 2.05) is 0 Å². The van der Waals surface area contributed by atoms with E-state index in [0.717, 1.165) is 0 Å². The van der Waals surface area contributed by atoms with Crippen molar-refractivity contribution in [3.63, 3.8) is 0 Å². The van der Waals surface area contributed by atoms with E-state index in [0.29, 0.717) is 12.1 Å². The summed E-state index contributed by atoms with van der Waals surface area (Å²) < 4.78 is 43.1. The molecule has 0 bridgehead atoms. The largest absolute Gasteiger partial charge is 0.469 e. The molecule has 1 rings (SSSR count). The Labute approximate surface area is 96.6 Å². The van der Waals surface area contributed by atoms with Crippen molar-refractivity contribution in [3.8, 4) is 0 Å². The molecule has 1 unspecified atom stereocenters. The van der Waals surface area contributed by atoms with Crippen molar-refractivity contribution in [2.24, 2.45) is 5.92 Å². The minimum atomic E-state index is -1.26. The Kier molecular flexibility index (Phi) is 4.37. The third-order valence-electron chi connectivity index (χ3n) is 2.21. The molecule has 0 aromatic heterocycles. The van der Waals surface area contributed by atoms with Crippen molar-refractivity contribution < 1.29 is 22.7 Å². The lowest BCUT2D eigenvalue weighted by atomic mass is 10.2. The number of benzene rings is 1. The predicted molar refractivity (Wildman–Crippen MR) is 56.0 cm³/mol. The molecule has 0 heterocycles. The lowest BCUT2D eigenvalue weighted by molar-refractivity contribution is -0.144. The number of carbonyl (C=O) groups is 1. The summed E-state index contributed by atoms with van der Waals surface area (Å²) in [5, 5.41) is 2.51.